The van der Waals surface area contributed by atoms with Crippen LogP contribution in [0.25, 0.3) is 10.9 Å². The number of methoxy groups -OCH3 is 1. The molecule has 1 heterocycles. The van der Waals surface area contributed by atoms with Gasteiger partial charge in [0.1, 0.15) is 5.75 Å². The highest BCUT2D eigenvalue weighted by Crippen LogP contribution is 2.23. The number of benzene rings is 1. The molecule has 108 valence electrons. The Bertz CT molecular complexity index is 589. The minimum Gasteiger partial charge on any atom is -0.497 e. The molecule has 4 nitrogen and oxygen atoms in total. The van der Waals surface area contributed by atoms with Gasteiger partial charge in [-0.15, -0.1) is 0 Å². The molecule has 1 atom stereocenters. The van der Waals surface area contributed by atoms with E-state index in [0.717, 1.165) is 24.1 Å². The molecule has 0 spiro atoms. The Labute approximate surface area is 119 Å². The number of hydrogen-bond acceptors (Lipinski definition) is 2. The molecule has 1 aromatic carbocycles. The van der Waals surface area contributed by atoms with Crippen molar-refractivity contribution in [2.75, 3.05) is 13.7 Å². The van der Waals surface area contributed by atoms with Crippen LogP contribution in [0, 0.1) is 5.92 Å². The smallest absolute Gasteiger partial charge is 0.222 e. The summed E-state index contributed by atoms with van der Waals surface area (Å²) < 4.78 is 5.21. The number of ether oxygens (including phenoxy) is 1. The molecule has 4 heteroatoms. The second-order valence-corrected chi connectivity index (χ2v) is 5.08. The first-order chi connectivity index (χ1) is 9.65. The number of hydrogen-bond donors (Lipinski definition) is 2. The van der Waals surface area contributed by atoms with Crippen molar-refractivity contribution in [2.45, 2.75) is 26.7 Å². The third-order valence-electron chi connectivity index (χ3n) is 3.73. The van der Waals surface area contributed by atoms with Gasteiger partial charge in [-0.2, -0.15) is 0 Å². The number of aromatic nitrogens is 1. The van der Waals surface area contributed by atoms with Gasteiger partial charge in [0.2, 0.25) is 5.91 Å². The van der Waals surface area contributed by atoms with E-state index < -0.39 is 0 Å². The average molecular weight is 274 g/mol. The lowest BCUT2D eigenvalue weighted by atomic mass is 10.1. The predicted molar refractivity (Wildman–Crippen MR) is 81.0 cm³/mol. The van der Waals surface area contributed by atoms with Gasteiger partial charge in [-0.1, -0.05) is 13.8 Å². The van der Waals surface area contributed by atoms with Crippen molar-refractivity contribution in [1.82, 2.24) is 10.3 Å². The Morgan fingerprint density at radius 1 is 1.45 bits per heavy atom. The normalized spacial score (nSPS) is 12.3. The molecule has 0 aliphatic rings. The summed E-state index contributed by atoms with van der Waals surface area (Å²) in [7, 11) is 1.66. The van der Waals surface area contributed by atoms with Crippen molar-refractivity contribution in [3.63, 3.8) is 0 Å². The SMILES string of the molecule is CC[C@@H](C)C(=O)NCCc1c[nH]c2cc(OC)ccc12. The van der Waals surface area contributed by atoms with Crippen LogP contribution < -0.4 is 10.1 Å². The van der Waals surface area contributed by atoms with E-state index in [1.165, 1.54) is 10.9 Å². The zero-order valence-electron chi connectivity index (χ0n) is 12.3. The van der Waals surface area contributed by atoms with Crippen LogP contribution >= 0.6 is 0 Å². The summed E-state index contributed by atoms with van der Waals surface area (Å²) in [5, 5.41) is 4.17. The maximum atomic E-state index is 11.7. The molecule has 20 heavy (non-hydrogen) atoms. The summed E-state index contributed by atoms with van der Waals surface area (Å²) in [6.07, 6.45) is 3.70. The summed E-state index contributed by atoms with van der Waals surface area (Å²) in [5.74, 6) is 1.06. The summed E-state index contributed by atoms with van der Waals surface area (Å²) in [6.45, 7) is 4.65. The summed E-state index contributed by atoms with van der Waals surface area (Å²) in [5.41, 5.74) is 2.28. The molecule has 0 unspecified atom stereocenters. The van der Waals surface area contributed by atoms with Gasteiger partial charge in [-0.05, 0) is 30.5 Å². The molecule has 0 bridgehead atoms. The van der Waals surface area contributed by atoms with Gasteiger partial charge in [0.05, 0.1) is 7.11 Å². The molecule has 1 aromatic heterocycles. The fraction of sp³-hybridized carbons (Fsp3) is 0.438. The van der Waals surface area contributed by atoms with Crippen LogP contribution in [0.15, 0.2) is 24.4 Å². The molecule has 0 aliphatic heterocycles. The molecule has 0 saturated heterocycles. The number of nitrogens with one attached hydrogen (secondary N) is 2. The lowest BCUT2D eigenvalue weighted by Crippen LogP contribution is -2.30. The molecule has 0 fully saturated rings. The van der Waals surface area contributed by atoms with Gasteiger partial charge in [0.25, 0.3) is 0 Å². The Balaban J connectivity index is 1.98. The van der Waals surface area contributed by atoms with Crippen LogP contribution in [0.3, 0.4) is 0 Å². The summed E-state index contributed by atoms with van der Waals surface area (Å²) >= 11 is 0. The van der Waals surface area contributed by atoms with Crippen molar-refractivity contribution in [2.24, 2.45) is 5.92 Å². The first-order valence-corrected chi connectivity index (χ1v) is 7.07. The Hall–Kier alpha value is -1.97. The van der Waals surface area contributed by atoms with Gasteiger partial charge >= 0.3 is 0 Å². The van der Waals surface area contributed by atoms with Crippen LogP contribution in [-0.2, 0) is 11.2 Å². The van der Waals surface area contributed by atoms with E-state index in [9.17, 15) is 4.79 Å². The number of carbonyl (C=O) groups excluding carboxylic acids is 1. The van der Waals surface area contributed by atoms with Crippen LogP contribution in [0.2, 0.25) is 0 Å². The molecule has 0 saturated carbocycles. The van der Waals surface area contributed by atoms with Crippen LogP contribution in [0.1, 0.15) is 25.8 Å². The lowest BCUT2D eigenvalue weighted by molar-refractivity contribution is -0.124. The van der Waals surface area contributed by atoms with Crippen LogP contribution in [0.4, 0.5) is 0 Å². The quantitative estimate of drug-likeness (QED) is 0.851. The fourth-order valence-corrected chi connectivity index (χ4v) is 2.18. The number of H-pyrrole nitrogens is 1. The molecule has 1 amide bonds. The van der Waals surface area contributed by atoms with Crippen LogP contribution in [0.5, 0.6) is 5.75 Å². The van der Waals surface area contributed by atoms with E-state index >= 15 is 0 Å². The highest BCUT2D eigenvalue weighted by Gasteiger charge is 2.10. The number of amides is 1. The predicted octanol–water partition coefficient (Wildman–Crippen LogP) is 2.88. The standard InChI is InChI=1S/C16H22N2O2/c1-4-11(2)16(19)17-8-7-12-10-18-15-9-13(20-3)5-6-14(12)15/h5-6,9-11,18H,4,7-8H2,1-3H3,(H,17,19)/t11-/m1/s1. The Kier molecular flexibility index (Phi) is 4.66. The maximum Gasteiger partial charge on any atom is 0.222 e. The van der Waals surface area contributed by atoms with E-state index in [0.29, 0.717) is 6.54 Å². The lowest BCUT2D eigenvalue weighted by Gasteiger charge is -2.09. The number of aromatic amines is 1. The molecule has 2 N–H and O–H groups in total. The monoisotopic (exact) mass is 274 g/mol. The Morgan fingerprint density at radius 2 is 2.25 bits per heavy atom. The average Bonchev–Trinajstić information content (AvgIpc) is 2.88. The van der Waals surface area contributed by atoms with Gasteiger partial charge in [0.15, 0.2) is 0 Å². The molecular formula is C16H22N2O2. The topological polar surface area (TPSA) is 54.1 Å². The number of carbonyl (C=O) groups is 1. The zero-order chi connectivity index (χ0) is 14.5. The largest absolute Gasteiger partial charge is 0.497 e. The molecule has 0 aliphatic carbocycles. The van der Waals surface area contributed by atoms with Crippen molar-refractivity contribution < 1.29 is 9.53 Å². The molecule has 0 radical (unpaired) electrons. The summed E-state index contributed by atoms with van der Waals surface area (Å²) in [6, 6.07) is 5.99. The van der Waals surface area contributed by atoms with E-state index in [4.69, 9.17) is 4.74 Å². The minimum atomic E-state index is 0.0854. The second-order valence-electron chi connectivity index (χ2n) is 5.08. The third-order valence-corrected chi connectivity index (χ3v) is 3.73. The first-order valence-electron chi connectivity index (χ1n) is 7.07. The minimum absolute atomic E-state index is 0.0854. The third kappa shape index (κ3) is 3.13. The van der Waals surface area contributed by atoms with Crippen molar-refractivity contribution in [3.8, 4) is 5.75 Å². The first kappa shape index (κ1) is 14.4. The van der Waals surface area contributed by atoms with Gasteiger partial charge in [-0.25, -0.2) is 0 Å². The zero-order valence-corrected chi connectivity index (χ0v) is 12.3. The van der Waals surface area contributed by atoms with Crippen molar-refractivity contribution in [3.05, 3.63) is 30.0 Å². The number of fused-ring (bicyclic) bond motifs is 1. The molecule has 2 aromatic rings. The maximum absolute atomic E-state index is 11.7. The fourth-order valence-electron chi connectivity index (χ4n) is 2.18. The number of rotatable bonds is 6. The van der Waals surface area contributed by atoms with Crippen molar-refractivity contribution >= 4 is 16.8 Å². The van der Waals surface area contributed by atoms with E-state index in [-0.39, 0.29) is 11.8 Å². The van der Waals surface area contributed by atoms with Gasteiger partial charge in [0, 0.05) is 35.6 Å². The van der Waals surface area contributed by atoms with Gasteiger partial charge in [-0.3, -0.25) is 4.79 Å². The highest BCUT2D eigenvalue weighted by atomic mass is 16.5. The van der Waals surface area contributed by atoms with E-state index in [2.05, 4.69) is 16.4 Å². The molecular weight excluding hydrogens is 252 g/mol. The summed E-state index contributed by atoms with van der Waals surface area (Å²) in [4.78, 5) is 15.0. The van der Waals surface area contributed by atoms with E-state index in [1.54, 1.807) is 7.11 Å². The van der Waals surface area contributed by atoms with Gasteiger partial charge < -0.3 is 15.0 Å². The molecule has 2 rings (SSSR count). The highest BCUT2D eigenvalue weighted by molar-refractivity contribution is 5.84. The second kappa shape index (κ2) is 6.46. The van der Waals surface area contributed by atoms with E-state index in [1.807, 2.05) is 32.2 Å². The van der Waals surface area contributed by atoms with Crippen molar-refractivity contribution in [1.29, 1.82) is 0 Å². The Morgan fingerprint density at radius 3 is 2.95 bits per heavy atom. The van der Waals surface area contributed by atoms with Crippen LogP contribution in [-0.4, -0.2) is 24.5 Å².